The molecular formula is C25H21ClN2O3. The van der Waals surface area contributed by atoms with Crippen LogP contribution in [0.25, 0.3) is 5.57 Å². The molecule has 4 rings (SSSR count). The first-order chi connectivity index (χ1) is 15.0. The van der Waals surface area contributed by atoms with Crippen LogP contribution in [0.2, 0.25) is 5.02 Å². The van der Waals surface area contributed by atoms with Crippen molar-refractivity contribution in [1.29, 1.82) is 0 Å². The lowest BCUT2D eigenvalue weighted by Gasteiger charge is -2.16. The molecule has 0 spiro atoms. The highest BCUT2D eigenvalue weighted by Gasteiger charge is 2.40. The number of carbonyl (C=O) groups excluding carboxylic acids is 2. The fourth-order valence-corrected chi connectivity index (χ4v) is 3.59. The summed E-state index contributed by atoms with van der Waals surface area (Å²) in [6.07, 6.45) is 0.876. The molecule has 3 aromatic rings. The zero-order valence-electron chi connectivity index (χ0n) is 17.2. The smallest absolute Gasteiger partial charge is 0.282 e. The number of halogens is 1. The molecule has 0 unspecified atom stereocenters. The molecule has 0 saturated heterocycles. The molecule has 5 nitrogen and oxygen atoms in total. The number of imide groups is 1. The summed E-state index contributed by atoms with van der Waals surface area (Å²) >= 11 is 6.03. The summed E-state index contributed by atoms with van der Waals surface area (Å²) in [4.78, 5) is 28.0. The van der Waals surface area contributed by atoms with Gasteiger partial charge in [-0.05, 0) is 66.1 Å². The summed E-state index contributed by atoms with van der Waals surface area (Å²) in [5.74, 6) is -0.0912. The third-order valence-electron chi connectivity index (χ3n) is 5.18. The predicted molar refractivity (Wildman–Crippen MR) is 123 cm³/mol. The van der Waals surface area contributed by atoms with E-state index in [4.69, 9.17) is 16.3 Å². The van der Waals surface area contributed by atoms with Gasteiger partial charge in [0.05, 0.1) is 18.4 Å². The summed E-state index contributed by atoms with van der Waals surface area (Å²) in [7, 11) is 1.59. The van der Waals surface area contributed by atoms with E-state index < -0.39 is 5.91 Å². The highest BCUT2D eigenvalue weighted by Crippen LogP contribution is 2.34. The number of amides is 2. The van der Waals surface area contributed by atoms with Crippen LogP contribution in [0.3, 0.4) is 0 Å². The van der Waals surface area contributed by atoms with E-state index in [1.807, 2.05) is 12.1 Å². The maximum Gasteiger partial charge on any atom is 0.282 e. The van der Waals surface area contributed by atoms with Gasteiger partial charge < -0.3 is 10.1 Å². The maximum atomic E-state index is 13.4. The number of carbonyl (C=O) groups is 2. The van der Waals surface area contributed by atoms with Crippen LogP contribution in [0.5, 0.6) is 5.75 Å². The van der Waals surface area contributed by atoms with Gasteiger partial charge in [0, 0.05) is 10.7 Å². The molecule has 1 heterocycles. The number of methoxy groups -OCH3 is 1. The molecule has 0 atom stereocenters. The summed E-state index contributed by atoms with van der Waals surface area (Å²) < 4.78 is 5.19. The van der Waals surface area contributed by atoms with E-state index in [-0.39, 0.29) is 11.6 Å². The number of hydrogen-bond donors (Lipinski definition) is 1. The molecule has 2 amide bonds. The van der Waals surface area contributed by atoms with Gasteiger partial charge in [-0.2, -0.15) is 0 Å². The monoisotopic (exact) mass is 432 g/mol. The fraction of sp³-hybridized carbons (Fsp3) is 0.120. The zero-order valence-corrected chi connectivity index (χ0v) is 17.9. The Labute approximate surface area is 185 Å². The van der Waals surface area contributed by atoms with E-state index >= 15 is 0 Å². The highest BCUT2D eigenvalue weighted by molar-refractivity contribution is 6.46. The predicted octanol–water partition coefficient (Wildman–Crippen LogP) is 5.31. The molecule has 0 aromatic heterocycles. The van der Waals surface area contributed by atoms with Gasteiger partial charge >= 0.3 is 0 Å². The van der Waals surface area contributed by atoms with Crippen molar-refractivity contribution in [3.63, 3.8) is 0 Å². The lowest BCUT2D eigenvalue weighted by molar-refractivity contribution is -0.120. The van der Waals surface area contributed by atoms with Crippen molar-refractivity contribution < 1.29 is 14.3 Å². The van der Waals surface area contributed by atoms with Gasteiger partial charge in [0.1, 0.15) is 11.4 Å². The second kappa shape index (κ2) is 8.66. The molecule has 1 aliphatic rings. The van der Waals surface area contributed by atoms with Crippen molar-refractivity contribution in [2.75, 3.05) is 17.3 Å². The van der Waals surface area contributed by atoms with Crippen LogP contribution in [-0.4, -0.2) is 18.9 Å². The first-order valence-electron chi connectivity index (χ1n) is 9.91. The fourth-order valence-electron chi connectivity index (χ4n) is 3.46. The zero-order chi connectivity index (χ0) is 22.0. The molecule has 3 aromatic carbocycles. The van der Waals surface area contributed by atoms with Gasteiger partial charge in [0.2, 0.25) is 0 Å². The molecule has 0 aliphatic carbocycles. The van der Waals surface area contributed by atoms with E-state index in [9.17, 15) is 9.59 Å². The van der Waals surface area contributed by atoms with Crippen molar-refractivity contribution in [2.45, 2.75) is 13.3 Å². The first kappa shape index (κ1) is 20.7. The number of ether oxygens (including phenoxy) is 1. The quantitative estimate of drug-likeness (QED) is 0.536. The summed E-state index contributed by atoms with van der Waals surface area (Å²) in [5, 5.41) is 3.69. The van der Waals surface area contributed by atoms with Crippen LogP contribution in [-0.2, 0) is 16.0 Å². The number of benzene rings is 3. The minimum absolute atomic E-state index is 0.219. The summed E-state index contributed by atoms with van der Waals surface area (Å²) in [5.41, 5.74) is 3.47. The molecule has 0 saturated carbocycles. The van der Waals surface area contributed by atoms with Crippen LogP contribution in [0.15, 0.2) is 78.5 Å². The average molecular weight is 433 g/mol. The Kier molecular flexibility index (Phi) is 5.78. The molecular weight excluding hydrogens is 412 g/mol. The normalized spacial score (nSPS) is 13.7. The molecule has 156 valence electrons. The Bertz CT molecular complexity index is 1150. The molecule has 31 heavy (non-hydrogen) atoms. The second-order valence-electron chi connectivity index (χ2n) is 7.08. The van der Waals surface area contributed by atoms with E-state index in [0.717, 1.165) is 12.0 Å². The van der Waals surface area contributed by atoms with E-state index in [2.05, 4.69) is 12.2 Å². The highest BCUT2D eigenvalue weighted by atomic mass is 35.5. The van der Waals surface area contributed by atoms with Crippen molar-refractivity contribution in [3.8, 4) is 5.75 Å². The number of nitrogens with zero attached hydrogens (tertiary/aromatic N) is 1. The van der Waals surface area contributed by atoms with Crippen molar-refractivity contribution >= 4 is 40.4 Å². The molecule has 6 heteroatoms. The maximum absolute atomic E-state index is 13.4. The Morgan fingerprint density at radius 3 is 2.10 bits per heavy atom. The van der Waals surface area contributed by atoms with Crippen LogP contribution in [0.1, 0.15) is 18.1 Å². The lowest BCUT2D eigenvalue weighted by Crippen LogP contribution is -2.32. The van der Waals surface area contributed by atoms with Gasteiger partial charge in [-0.25, -0.2) is 4.90 Å². The van der Waals surface area contributed by atoms with E-state index in [1.165, 1.54) is 4.90 Å². The number of aryl methyl sites for hydroxylation is 1. The van der Waals surface area contributed by atoms with Gasteiger partial charge in [-0.3, -0.25) is 9.59 Å². The van der Waals surface area contributed by atoms with E-state index in [1.54, 1.807) is 67.8 Å². The average Bonchev–Trinajstić information content (AvgIpc) is 3.04. The SMILES string of the molecule is CCc1ccc(N2C(=O)C(Nc3ccc(OC)cc3)=C(c3ccc(Cl)cc3)C2=O)cc1. The third kappa shape index (κ3) is 4.05. The minimum Gasteiger partial charge on any atom is -0.497 e. The molecule has 1 aliphatic heterocycles. The Morgan fingerprint density at radius 1 is 0.871 bits per heavy atom. The van der Waals surface area contributed by atoms with Crippen molar-refractivity contribution in [2.24, 2.45) is 0 Å². The van der Waals surface area contributed by atoms with Crippen molar-refractivity contribution in [3.05, 3.63) is 94.6 Å². The molecule has 0 bridgehead atoms. The van der Waals surface area contributed by atoms with Crippen LogP contribution in [0, 0.1) is 0 Å². The standard InChI is InChI=1S/C25H21ClN2O3/c1-3-16-4-12-20(13-5-16)28-24(29)22(17-6-8-18(26)9-7-17)23(25(28)30)27-19-10-14-21(31-2)15-11-19/h4-15,27H,3H2,1-2H3. The summed E-state index contributed by atoms with van der Waals surface area (Å²) in [6, 6.07) is 21.5. The van der Waals surface area contributed by atoms with Crippen molar-refractivity contribution in [1.82, 2.24) is 0 Å². The number of anilines is 2. The minimum atomic E-state index is -0.407. The summed E-state index contributed by atoms with van der Waals surface area (Å²) in [6.45, 7) is 2.05. The molecule has 0 radical (unpaired) electrons. The largest absolute Gasteiger partial charge is 0.497 e. The Balaban J connectivity index is 1.77. The third-order valence-corrected chi connectivity index (χ3v) is 5.43. The lowest BCUT2D eigenvalue weighted by atomic mass is 10.0. The van der Waals surface area contributed by atoms with Gasteiger partial charge in [-0.15, -0.1) is 0 Å². The van der Waals surface area contributed by atoms with Gasteiger partial charge in [-0.1, -0.05) is 42.8 Å². The Hall–Kier alpha value is -3.57. The van der Waals surface area contributed by atoms with Gasteiger partial charge in [0.15, 0.2) is 0 Å². The number of hydrogen-bond acceptors (Lipinski definition) is 4. The van der Waals surface area contributed by atoms with Gasteiger partial charge in [0.25, 0.3) is 11.8 Å². The van der Waals surface area contributed by atoms with Crippen LogP contribution in [0.4, 0.5) is 11.4 Å². The first-order valence-corrected chi connectivity index (χ1v) is 10.3. The molecule has 0 fully saturated rings. The van der Waals surface area contributed by atoms with Crippen LogP contribution < -0.4 is 15.0 Å². The van der Waals surface area contributed by atoms with Crippen LogP contribution >= 0.6 is 11.6 Å². The number of rotatable bonds is 6. The topological polar surface area (TPSA) is 58.6 Å². The molecule has 1 N–H and O–H groups in total. The second-order valence-corrected chi connectivity index (χ2v) is 7.51. The van der Waals surface area contributed by atoms with E-state index in [0.29, 0.717) is 33.3 Å². The Morgan fingerprint density at radius 2 is 1.52 bits per heavy atom. The number of nitrogens with one attached hydrogen (secondary N) is 1.